The Hall–Kier alpha value is -3.31. The molecule has 0 radical (unpaired) electrons. The van der Waals surface area contributed by atoms with Crippen LogP contribution < -0.4 is 5.32 Å². The summed E-state index contributed by atoms with van der Waals surface area (Å²) in [5, 5.41) is 4.00. The summed E-state index contributed by atoms with van der Waals surface area (Å²) < 4.78 is 13.3. The third kappa shape index (κ3) is 4.76. The molecule has 2 aromatic carbocycles. The molecule has 0 unspecified atom stereocenters. The molecule has 2 aromatic heterocycles. The first-order valence-electron chi connectivity index (χ1n) is 9.21. The molecule has 144 valence electrons. The fraction of sp³-hybridized carbons (Fsp3) is 0.0870. The van der Waals surface area contributed by atoms with Gasteiger partial charge in [-0.15, -0.1) is 0 Å². The zero-order valence-corrected chi connectivity index (χ0v) is 16.3. The number of hydrogen-bond acceptors (Lipinski definition) is 4. The standard InChI is InChI=1S/C23H18ClFN4/c24-19-5-1-16(2-6-19)9-14-27-23-28-15-21(17-3-7-20(25)8-4-17)22(29-23)18-10-12-26-13-11-18/h1-8,10-13,15H,9,14H2,(H,27,28,29). The van der Waals surface area contributed by atoms with Gasteiger partial charge in [-0.25, -0.2) is 14.4 Å². The molecule has 0 bridgehead atoms. The highest BCUT2D eigenvalue weighted by molar-refractivity contribution is 6.30. The molecule has 0 aliphatic carbocycles. The monoisotopic (exact) mass is 404 g/mol. The highest BCUT2D eigenvalue weighted by Crippen LogP contribution is 2.30. The molecule has 29 heavy (non-hydrogen) atoms. The number of aromatic nitrogens is 3. The molecule has 0 aliphatic heterocycles. The van der Waals surface area contributed by atoms with Crippen LogP contribution in [-0.2, 0) is 6.42 Å². The van der Waals surface area contributed by atoms with Gasteiger partial charge in [-0.05, 0) is 53.9 Å². The molecule has 4 nitrogen and oxygen atoms in total. The van der Waals surface area contributed by atoms with Gasteiger partial charge in [-0.1, -0.05) is 35.9 Å². The van der Waals surface area contributed by atoms with Crippen LogP contribution in [0.5, 0.6) is 0 Å². The largest absolute Gasteiger partial charge is 0.354 e. The highest BCUT2D eigenvalue weighted by Gasteiger charge is 2.12. The summed E-state index contributed by atoms with van der Waals surface area (Å²) >= 11 is 5.93. The number of rotatable bonds is 6. The molecule has 0 aliphatic rings. The van der Waals surface area contributed by atoms with Gasteiger partial charge in [-0.2, -0.15) is 0 Å². The molecule has 0 atom stereocenters. The summed E-state index contributed by atoms with van der Waals surface area (Å²) in [5.41, 5.74) is 4.55. The Morgan fingerprint density at radius 3 is 2.31 bits per heavy atom. The van der Waals surface area contributed by atoms with E-state index in [1.807, 2.05) is 36.4 Å². The smallest absolute Gasteiger partial charge is 0.223 e. The van der Waals surface area contributed by atoms with Gasteiger partial charge in [0.15, 0.2) is 0 Å². The summed E-state index contributed by atoms with van der Waals surface area (Å²) in [7, 11) is 0. The Morgan fingerprint density at radius 2 is 1.59 bits per heavy atom. The van der Waals surface area contributed by atoms with Gasteiger partial charge in [0, 0.05) is 41.3 Å². The molecule has 0 spiro atoms. The number of hydrogen-bond donors (Lipinski definition) is 1. The molecule has 2 heterocycles. The lowest BCUT2D eigenvalue weighted by atomic mass is 10.0. The second-order valence-corrected chi connectivity index (χ2v) is 6.94. The van der Waals surface area contributed by atoms with Crippen LogP contribution in [0.25, 0.3) is 22.4 Å². The maximum Gasteiger partial charge on any atom is 0.223 e. The van der Waals surface area contributed by atoms with Gasteiger partial charge >= 0.3 is 0 Å². The number of anilines is 1. The van der Waals surface area contributed by atoms with Crippen molar-refractivity contribution in [1.29, 1.82) is 0 Å². The summed E-state index contributed by atoms with van der Waals surface area (Å²) in [6, 6.07) is 17.9. The van der Waals surface area contributed by atoms with E-state index in [2.05, 4.69) is 15.3 Å². The summed E-state index contributed by atoms with van der Waals surface area (Å²) in [6.45, 7) is 0.688. The topological polar surface area (TPSA) is 50.7 Å². The molecule has 4 aromatic rings. The maximum absolute atomic E-state index is 13.3. The normalized spacial score (nSPS) is 10.7. The molecule has 0 saturated carbocycles. The van der Waals surface area contributed by atoms with Crippen LogP contribution in [0.1, 0.15) is 5.56 Å². The van der Waals surface area contributed by atoms with Gasteiger partial charge in [-0.3, -0.25) is 4.98 Å². The Kier molecular flexibility index (Phi) is 5.77. The first-order valence-corrected chi connectivity index (χ1v) is 9.58. The van der Waals surface area contributed by atoms with Crippen molar-refractivity contribution in [2.75, 3.05) is 11.9 Å². The summed E-state index contributed by atoms with van der Waals surface area (Å²) in [6.07, 6.45) is 6.03. The molecule has 4 rings (SSSR count). The van der Waals surface area contributed by atoms with Crippen LogP contribution in [0.15, 0.2) is 79.3 Å². The van der Waals surface area contributed by atoms with E-state index in [0.717, 1.165) is 33.8 Å². The number of pyridine rings is 1. The lowest BCUT2D eigenvalue weighted by molar-refractivity contribution is 0.628. The Balaban J connectivity index is 1.59. The minimum atomic E-state index is -0.277. The van der Waals surface area contributed by atoms with Gasteiger partial charge in [0.05, 0.1) is 5.69 Å². The fourth-order valence-corrected chi connectivity index (χ4v) is 3.13. The number of halogens is 2. The van der Waals surface area contributed by atoms with Crippen LogP contribution in [0.2, 0.25) is 5.02 Å². The lowest BCUT2D eigenvalue weighted by Gasteiger charge is -2.12. The van der Waals surface area contributed by atoms with Crippen molar-refractivity contribution in [3.63, 3.8) is 0 Å². The predicted molar refractivity (Wildman–Crippen MR) is 114 cm³/mol. The quantitative estimate of drug-likeness (QED) is 0.451. The molecule has 1 N–H and O–H groups in total. The highest BCUT2D eigenvalue weighted by atomic mass is 35.5. The van der Waals surface area contributed by atoms with Crippen molar-refractivity contribution in [2.45, 2.75) is 6.42 Å². The van der Waals surface area contributed by atoms with Crippen LogP contribution in [0.3, 0.4) is 0 Å². The third-order valence-electron chi connectivity index (χ3n) is 4.51. The summed E-state index contributed by atoms with van der Waals surface area (Å²) in [5.74, 6) is 0.261. The third-order valence-corrected chi connectivity index (χ3v) is 4.76. The second kappa shape index (κ2) is 8.80. The first-order chi connectivity index (χ1) is 14.2. The van der Waals surface area contributed by atoms with E-state index in [4.69, 9.17) is 16.6 Å². The van der Waals surface area contributed by atoms with Crippen LogP contribution in [0.4, 0.5) is 10.3 Å². The Morgan fingerprint density at radius 1 is 0.862 bits per heavy atom. The zero-order chi connectivity index (χ0) is 20.1. The van der Waals surface area contributed by atoms with E-state index < -0.39 is 0 Å². The van der Waals surface area contributed by atoms with E-state index in [1.54, 1.807) is 30.7 Å². The van der Waals surface area contributed by atoms with E-state index in [-0.39, 0.29) is 5.82 Å². The van der Waals surface area contributed by atoms with E-state index in [9.17, 15) is 4.39 Å². The molecular weight excluding hydrogens is 387 g/mol. The van der Waals surface area contributed by atoms with Gasteiger partial charge in [0.2, 0.25) is 5.95 Å². The van der Waals surface area contributed by atoms with Crippen molar-refractivity contribution in [2.24, 2.45) is 0 Å². The van der Waals surface area contributed by atoms with Gasteiger partial charge in [0.25, 0.3) is 0 Å². The van der Waals surface area contributed by atoms with Crippen LogP contribution in [-0.4, -0.2) is 21.5 Å². The van der Waals surface area contributed by atoms with Crippen molar-refractivity contribution in [3.8, 4) is 22.4 Å². The molecule has 6 heteroatoms. The lowest BCUT2D eigenvalue weighted by Crippen LogP contribution is -2.08. The Bertz CT molecular complexity index is 1080. The van der Waals surface area contributed by atoms with Crippen molar-refractivity contribution in [1.82, 2.24) is 15.0 Å². The predicted octanol–water partition coefficient (Wildman–Crippen LogP) is 5.65. The van der Waals surface area contributed by atoms with Crippen LogP contribution >= 0.6 is 11.6 Å². The minimum absolute atomic E-state index is 0.277. The molecular formula is C23H18ClFN4. The van der Waals surface area contributed by atoms with Gasteiger partial charge in [0.1, 0.15) is 5.82 Å². The van der Waals surface area contributed by atoms with E-state index in [1.165, 1.54) is 17.7 Å². The summed E-state index contributed by atoms with van der Waals surface area (Å²) in [4.78, 5) is 13.3. The minimum Gasteiger partial charge on any atom is -0.354 e. The molecule has 0 saturated heterocycles. The Labute approximate surface area is 173 Å². The van der Waals surface area contributed by atoms with E-state index >= 15 is 0 Å². The maximum atomic E-state index is 13.3. The van der Waals surface area contributed by atoms with Crippen LogP contribution in [0, 0.1) is 5.82 Å². The van der Waals surface area contributed by atoms with Crippen molar-refractivity contribution in [3.05, 3.63) is 95.7 Å². The molecule has 0 amide bonds. The number of nitrogens with zero attached hydrogens (tertiary/aromatic N) is 3. The van der Waals surface area contributed by atoms with Crippen molar-refractivity contribution < 1.29 is 4.39 Å². The first kappa shape index (κ1) is 19.0. The average molecular weight is 405 g/mol. The number of nitrogens with one attached hydrogen (secondary N) is 1. The molecule has 0 fully saturated rings. The fourth-order valence-electron chi connectivity index (χ4n) is 3.01. The second-order valence-electron chi connectivity index (χ2n) is 6.50. The average Bonchev–Trinajstić information content (AvgIpc) is 2.76. The van der Waals surface area contributed by atoms with Crippen molar-refractivity contribution >= 4 is 17.5 Å². The number of benzene rings is 2. The van der Waals surface area contributed by atoms with Gasteiger partial charge < -0.3 is 5.32 Å². The zero-order valence-electron chi connectivity index (χ0n) is 15.5. The SMILES string of the molecule is Fc1ccc(-c2cnc(NCCc3ccc(Cl)cc3)nc2-c2ccncc2)cc1. The van der Waals surface area contributed by atoms with E-state index in [0.29, 0.717) is 12.5 Å².